The minimum absolute atomic E-state index is 1.12. The molecule has 0 rings (SSSR count). The summed E-state index contributed by atoms with van der Waals surface area (Å²) in [5.74, 6) is 0. The van der Waals surface area contributed by atoms with Gasteiger partial charge in [0.1, 0.15) is 0 Å². The molecule has 0 spiro atoms. The highest BCUT2D eigenvalue weighted by Crippen LogP contribution is 2.10. The van der Waals surface area contributed by atoms with Gasteiger partial charge in [0.05, 0.1) is 27.7 Å². The Labute approximate surface area is 104 Å². The van der Waals surface area contributed by atoms with Crippen LogP contribution in [0.2, 0.25) is 0 Å². The van der Waals surface area contributed by atoms with Gasteiger partial charge in [0.2, 0.25) is 0 Å². The highest BCUT2D eigenvalue weighted by Gasteiger charge is 2.04. The van der Waals surface area contributed by atoms with Gasteiger partial charge in [-0.3, -0.25) is 0 Å². The summed E-state index contributed by atoms with van der Waals surface area (Å²) >= 11 is 0. The van der Waals surface area contributed by atoms with Crippen LogP contribution < -0.4 is 0 Å². The first-order valence-electron chi connectivity index (χ1n) is 7.16. The topological polar surface area (TPSA) is 0 Å². The van der Waals surface area contributed by atoms with Crippen molar-refractivity contribution in [2.45, 2.75) is 64.2 Å². The van der Waals surface area contributed by atoms with E-state index < -0.39 is 0 Å². The highest BCUT2D eigenvalue weighted by molar-refractivity contribution is 4.48. The minimum atomic E-state index is 1.12. The number of quaternary nitrogens is 1. The Kier molecular flexibility index (Phi) is 10.1. The summed E-state index contributed by atoms with van der Waals surface area (Å²) in [5, 5.41) is 0. The third-order valence-corrected chi connectivity index (χ3v) is 3.08. The Morgan fingerprint density at radius 3 is 1.38 bits per heavy atom. The van der Waals surface area contributed by atoms with E-state index in [-0.39, 0.29) is 0 Å². The van der Waals surface area contributed by atoms with Gasteiger partial charge in [0.15, 0.2) is 0 Å². The third-order valence-electron chi connectivity index (χ3n) is 3.08. The van der Waals surface area contributed by atoms with Crippen LogP contribution in [0.25, 0.3) is 0 Å². The van der Waals surface area contributed by atoms with Crippen molar-refractivity contribution in [3.8, 4) is 0 Å². The maximum Gasteiger partial charge on any atom is 0.0780 e. The fourth-order valence-corrected chi connectivity index (χ4v) is 2.00. The van der Waals surface area contributed by atoms with Crippen LogP contribution in [-0.2, 0) is 0 Å². The maximum absolute atomic E-state index is 3.87. The molecule has 0 atom stereocenters. The first-order valence-corrected chi connectivity index (χ1v) is 7.16. The smallest absolute Gasteiger partial charge is 0.0780 e. The lowest BCUT2D eigenvalue weighted by molar-refractivity contribution is -0.870. The second-order valence-corrected chi connectivity index (χ2v) is 6.05. The summed E-state index contributed by atoms with van der Waals surface area (Å²) in [6.07, 6.45) is 13.8. The van der Waals surface area contributed by atoms with Crippen molar-refractivity contribution in [2.75, 3.05) is 27.7 Å². The van der Waals surface area contributed by atoms with Gasteiger partial charge < -0.3 is 4.48 Å². The van der Waals surface area contributed by atoms with Crippen LogP contribution >= 0.6 is 0 Å². The molecule has 0 aromatic carbocycles. The molecule has 97 valence electrons. The fourth-order valence-electron chi connectivity index (χ4n) is 2.00. The SMILES string of the molecule is [CH2]CCCCCCCCCCC[N+](C)(C)C. The molecule has 0 aliphatic heterocycles. The summed E-state index contributed by atoms with van der Waals surface area (Å²) in [4.78, 5) is 0. The van der Waals surface area contributed by atoms with E-state index in [4.69, 9.17) is 0 Å². The molecular formula is C15H33N+. The zero-order valence-corrected chi connectivity index (χ0v) is 11.9. The van der Waals surface area contributed by atoms with E-state index in [1.165, 1.54) is 64.3 Å². The van der Waals surface area contributed by atoms with Gasteiger partial charge in [-0.15, -0.1) is 0 Å². The van der Waals surface area contributed by atoms with Gasteiger partial charge in [0.25, 0.3) is 0 Å². The van der Waals surface area contributed by atoms with E-state index in [1.807, 2.05) is 0 Å². The first-order chi connectivity index (χ1) is 7.56. The lowest BCUT2D eigenvalue weighted by atomic mass is 10.1. The monoisotopic (exact) mass is 227 g/mol. The van der Waals surface area contributed by atoms with Crippen LogP contribution in [-0.4, -0.2) is 32.2 Å². The Morgan fingerprint density at radius 2 is 1.00 bits per heavy atom. The van der Waals surface area contributed by atoms with Crippen molar-refractivity contribution in [1.29, 1.82) is 0 Å². The summed E-state index contributed by atoms with van der Waals surface area (Å²) in [7, 11) is 6.84. The molecule has 0 saturated heterocycles. The van der Waals surface area contributed by atoms with E-state index in [0.29, 0.717) is 0 Å². The van der Waals surface area contributed by atoms with Gasteiger partial charge >= 0.3 is 0 Å². The predicted molar refractivity (Wildman–Crippen MR) is 74.4 cm³/mol. The molecule has 0 aromatic rings. The van der Waals surface area contributed by atoms with Crippen molar-refractivity contribution in [3.05, 3.63) is 6.92 Å². The Balaban J connectivity index is 2.99. The summed E-state index contributed by atoms with van der Waals surface area (Å²) in [6.45, 7) is 5.19. The molecule has 0 heterocycles. The average molecular weight is 227 g/mol. The second-order valence-electron chi connectivity index (χ2n) is 6.05. The van der Waals surface area contributed by atoms with Crippen molar-refractivity contribution >= 4 is 0 Å². The third kappa shape index (κ3) is 14.0. The normalized spacial score (nSPS) is 12.0. The van der Waals surface area contributed by atoms with Crippen LogP contribution in [0, 0.1) is 6.92 Å². The lowest BCUT2D eigenvalue weighted by Crippen LogP contribution is -2.35. The molecule has 0 saturated carbocycles. The number of hydrogen-bond acceptors (Lipinski definition) is 0. The molecule has 0 fully saturated rings. The van der Waals surface area contributed by atoms with E-state index in [0.717, 1.165) is 10.9 Å². The van der Waals surface area contributed by atoms with E-state index in [2.05, 4.69) is 28.1 Å². The summed E-state index contributed by atoms with van der Waals surface area (Å²) in [5.41, 5.74) is 0. The molecule has 0 aromatic heterocycles. The Bertz CT molecular complexity index is 135. The molecule has 0 unspecified atom stereocenters. The van der Waals surface area contributed by atoms with Crippen molar-refractivity contribution in [1.82, 2.24) is 0 Å². The Morgan fingerprint density at radius 1 is 0.625 bits per heavy atom. The molecule has 0 bridgehead atoms. The number of hydrogen-bond donors (Lipinski definition) is 0. The molecule has 0 aliphatic rings. The largest absolute Gasteiger partial charge is 0.331 e. The molecule has 0 amide bonds. The maximum atomic E-state index is 3.87. The van der Waals surface area contributed by atoms with Gasteiger partial charge in [0, 0.05) is 0 Å². The lowest BCUT2D eigenvalue weighted by Gasteiger charge is -2.23. The molecule has 16 heavy (non-hydrogen) atoms. The van der Waals surface area contributed by atoms with Crippen molar-refractivity contribution in [3.63, 3.8) is 0 Å². The quantitative estimate of drug-likeness (QED) is 0.362. The van der Waals surface area contributed by atoms with Crippen molar-refractivity contribution in [2.24, 2.45) is 0 Å². The first kappa shape index (κ1) is 16.0. The minimum Gasteiger partial charge on any atom is -0.331 e. The van der Waals surface area contributed by atoms with Gasteiger partial charge in [-0.1, -0.05) is 58.3 Å². The number of rotatable bonds is 11. The van der Waals surface area contributed by atoms with Crippen LogP contribution in [0.3, 0.4) is 0 Å². The predicted octanol–water partition coefficient (Wildman–Crippen LogP) is 4.43. The molecule has 1 radical (unpaired) electrons. The second kappa shape index (κ2) is 10.1. The molecule has 1 heteroatoms. The fraction of sp³-hybridized carbons (Fsp3) is 0.933. The Hall–Kier alpha value is -0.0400. The highest BCUT2D eigenvalue weighted by atomic mass is 15.3. The molecule has 1 nitrogen and oxygen atoms in total. The summed E-state index contributed by atoms with van der Waals surface area (Å²) in [6, 6.07) is 0. The van der Waals surface area contributed by atoms with Gasteiger partial charge in [-0.05, 0) is 12.8 Å². The van der Waals surface area contributed by atoms with Gasteiger partial charge in [-0.25, -0.2) is 0 Å². The zero-order valence-electron chi connectivity index (χ0n) is 11.9. The van der Waals surface area contributed by atoms with Crippen LogP contribution in [0.15, 0.2) is 0 Å². The van der Waals surface area contributed by atoms with E-state index in [9.17, 15) is 0 Å². The molecule has 0 N–H and O–H groups in total. The van der Waals surface area contributed by atoms with Crippen LogP contribution in [0.1, 0.15) is 64.2 Å². The molecular weight excluding hydrogens is 194 g/mol. The van der Waals surface area contributed by atoms with Crippen molar-refractivity contribution < 1.29 is 4.48 Å². The van der Waals surface area contributed by atoms with E-state index >= 15 is 0 Å². The number of unbranched alkanes of at least 4 members (excludes halogenated alkanes) is 9. The van der Waals surface area contributed by atoms with E-state index in [1.54, 1.807) is 0 Å². The average Bonchev–Trinajstić information content (AvgIpc) is 2.19. The zero-order chi connectivity index (χ0) is 12.3. The molecule has 0 aliphatic carbocycles. The number of nitrogens with zero attached hydrogens (tertiary/aromatic N) is 1. The summed E-state index contributed by atoms with van der Waals surface area (Å²) < 4.78 is 1.12. The van der Waals surface area contributed by atoms with Crippen LogP contribution in [0.5, 0.6) is 0 Å². The standard InChI is InChI=1S/C15H33N/c1-5-6-7-8-9-10-11-12-13-14-15-16(2,3)4/h1,5-15H2,2-4H3/q+1. The van der Waals surface area contributed by atoms with Crippen LogP contribution in [0.4, 0.5) is 0 Å². The van der Waals surface area contributed by atoms with Gasteiger partial charge in [-0.2, -0.15) is 0 Å².